The fraction of sp³-hybridized carbons (Fsp3) is 0.375. The van der Waals surface area contributed by atoms with Crippen LogP contribution < -0.4 is 9.88 Å². The van der Waals surface area contributed by atoms with Crippen LogP contribution in [-0.4, -0.2) is 48.2 Å². The maximum atomic E-state index is 13.8. The number of esters is 3. The number of hydrogen-bond donors (Lipinski definition) is 1. The van der Waals surface area contributed by atoms with Crippen LogP contribution in [0.25, 0.3) is 0 Å². The summed E-state index contributed by atoms with van der Waals surface area (Å²) < 4.78 is 23.8. The first-order valence-electron chi connectivity index (χ1n) is 10.7. The Hall–Kier alpha value is -3.79. The van der Waals surface area contributed by atoms with Gasteiger partial charge in [0.25, 0.3) is 5.91 Å². The minimum atomic E-state index is -2.11. The van der Waals surface area contributed by atoms with Gasteiger partial charge in [0.1, 0.15) is 12.7 Å². The van der Waals surface area contributed by atoms with E-state index in [4.69, 9.17) is 18.9 Å². The first-order chi connectivity index (χ1) is 16.2. The summed E-state index contributed by atoms with van der Waals surface area (Å²) >= 11 is 0. The Labute approximate surface area is 196 Å². The summed E-state index contributed by atoms with van der Waals surface area (Å²) in [5, 5.41) is 2.77. The molecule has 0 radical (unpaired) electrons. The van der Waals surface area contributed by atoms with E-state index < -0.39 is 47.9 Å². The van der Waals surface area contributed by atoms with Crippen molar-refractivity contribution in [1.29, 1.82) is 0 Å². The van der Waals surface area contributed by atoms with E-state index in [1.165, 1.54) is 11.5 Å². The van der Waals surface area contributed by atoms with Gasteiger partial charge in [-0.3, -0.25) is 19.2 Å². The van der Waals surface area contributed by atoms with E-state index in [1.54, 1.807) is 30.6 Å². The summed E-state index contributed by atoms with van der Waals surface area (Å²) in [6.45, 7) is 3.31. The molecule has 34 heavy (non-hydrogen) atoms. The number of nitrogens with zero attached hydrogens (tertiary/aromatic N) is 1. The Kier molecular flexibility index (Phi) is 7.95. The average Bonchev–Trinajstić information content (AvgIpc) is 3.10. The van der Waals surface area contributed by atoms with Crippen LogP contribution in [0.15, 0.2) is 60.9 Å². The van der Waals surface area contributed by atoms with Crippen LogP contribution in [0.1, 0.15) is 32.6 Å². The van der Waals surface area contributed by atoms with Crippen LogP contribution in [0, 0.1) is 0 Å². The molecular formula is C24H27N2O8+. The Morgan fingerprint density at radius 1 is 0.941 bits per heavy atom. The van der Waals surface area contributed by atoms with E-state index in [9.17, 15) is 19.2 Å². The van der Waals surface area contributed by atoms with Gasteiger partial charge in [-0.25, -0.2) is 0 Å². The molecule has 2 heterocycles. The standard InChI is InChI=1S/C24H26N2O8/c1-16(27)31-15-20-21(32-17(2)28)24(34-18(3)29,23(33-20)26-12-8-5-9-13-26)22(30)25-14-19-10-6-4-7-11-19/h4-13,20-21,23H,14-15H2,1-3H3/p+1/t20-,21-,23-,24+/m1/s1. The molecule has 1 aliphatic rings. The molecule has 1 fully saturated rings. The molecule has 3 rings (SSSR count). The van der Waals surface area contributed by atoms with Gasteiger partial charge in [-0.15, -0.1) is 0 Å². The van der Waals surface area contributed by atoms with Crippen molar-refractivity contribution in [3.8, 4) is 0 Å². The van der Waals surface area contributed by atoms with Crippen LogP contribution in [0.4, 0.5) is 0 Å². The van der Waals surface area contributed by atoms with Crippen molar-refractivity contribution >= 4 is 23.8 Å². The third kappa shape index (κ3) is 5.57. The van der Waals surface area contributed by atoms with E-state index in [2.05, 4.69) is 5.32 Å². The van der Waals surface area contributed by atoms with Crippen molar-refractivity contribution in [3.63, 3.8) is 0 Å². The lowest BCUT2D eigenvalue weighted by atomic mass is 9.91. The number of aromatic nitrogens is 1. The molecule has 1 aromatic carbocycles. The summed E-state index contributed by atoms with van der Waals surface area (Å²) in [6, 6.07) is 14.3. The van der Waals surface area contributed by atoms with Crippen LogP contribution in [0.3, 0.4) is 0 Å². The number of rotatable bonds is 8. The van der Waals surface area contributed by atoms with Gasteiger partial charge in [0, 0.05) is 39.4 Å². The molecular weight excluding hydrogens is 444 g/mol. The minimum absolute atomic E-state index is 0.121. The van der Waals surface area contributed by atoms with E-state index in [0.717, 1.165) is 19.4 Å². The lowest BCUT2D eigenvalue weighted by Crippen LogP contribution is -2.65. The van der Waals surface area contributed by atoms with E-state index in [1.807, 2.05) is 30.3 Å². The first kappa shape index (κ1) is 24.8. The molecule has 0 unspecified atom stereocenters. The van der Waals surface area contributed by atoms with Crippen LogP contribution >= 0.6 is 0 Å². The van der Waals surface area contributed by atoms with Crippen LogP contribution in [0.2, 0.25) is 0 Å². The van der Waals surface area contributed by atoms with Crippen molar-refractivity contribution in [1.82, 2.24) is 5.32 Å². The number of nitrogens with one attached hydrogen (secondary N) is 1. The molecule has 4 atom stereocenters. The van der Waals surface area contributed by atoms with Gasteiger partial charge in [0.05, 0.1) is 0 Å². The van der Waals surface area contributed by atoms with Gasteiger partial charge in [-0.05, 0) is 5.56 Å². The largest absolute Gasteiger partial charge is 0.463 e. The fourth-order valence-electron chi connectivity index (χ4n) is 3.83. The predicted octanol–water partition coefficient (Wildman–Crippen LogP) is 0.985. The minimum Gasteiger partial charge on any atom is -0.463 e. The van der Waals surface area contributed by atoms with Gasteiger partial charge >= 0.3 is 29.7 Å². The quantitative estimate of drug-likeness (QED) is 0.344. The van der Waals surface area contributed by atoms with Crippen molar-refractivity contribution in [2.45, 2.75) is 51.4 Å². The van der Waals surface area contributed by atoms with E-state index in [-0.39, 0.29) is 13.2 Å². The fourth-order valence-corrected chi connectivity index (χ4v) is 3.83. The summed E-state index contributed by atoms with van der Waals surface area (Å²) in [4.78, 5) is 49.5. The molecule has 1 aliphatic heterocycles. The second-order valence-electron chi connectivity index (χ2n) is 7.74. The highest BCUT2D eigenvalue weighted by molar-refractivity contribution is 5.89. The number of amides is 1. The predicted molar refractivity (Wildman–Crippen MR) is 116 cm³/mol. The molecule has 0 saturated carbocycles. The summed E-state index contributed by atoms with van der Waals surface area (Å²) in [5.41, 5.74) is -1.31. The maximum Gasteiger partial charge on any atom is 0.317 e. The highest BCUT2D eigenvalue weighted by atomic mass is 16.7. The molecule has 0 spiro atoms. The van der Waals surface area contributed by atoms with Crippen molar-refractivity contribution in [2.75, 3.05) is 6.61 Å². The number of carbonyl (C=O) groups excluding carboxylic acids is 4. The molecule has 1 saturated heterocycles. The lowest BCUT2D eigenvalue weighted by molar-refractivity contribution is -0.769. The number of pyridine rings is 1. The van der Waals surface area contributed by atoms with Gasteiger partial charge in [-0.1, -0.05) is 36.4 Å². The third-order valence-electron chi connectivity index (χ3n) is 5.15. The van der Waals surface area contributed by atoms with Gasteiger partial charge < -0.3 is 24.3 Å². The van der Waals surface area contributed by atoms with Crippen LogP contribution in [-0.2, 0) is 44.7 Å². The Bertz CT molecular complexity index is 1030. The lowest BCUT2D eigenvalue weighted by Gasteiger charge is -2.32. The number of benzene rings is 1. The van der Waals surface area contributed by atoms with Crippen molar-refractivity contribution < 1.29 is 42.7 Å². The molecule has 0 bridgehead atoms. The third-order valence-corrected chi connectivity index (χ3v) is 5.15. The van der Waals surface area contributed by atoms with Gasteiger partial charge in [-0.2, -0.15) is 4.57 Å². The summed E-state index contributed by atoms with van der Waals surface area (Å²) in [7, 11) is 0. The van der Waals surface area contributed by atoms with Gasteiger partial charge in [0.15, 0.2) is 18.5 Å². The average molecular weight is 471 g/mol. The van der Waals surface area contributed by atoms with Crippen LogP contribution in [0.5, 0.6) is 0 Å². The second kappa shape index (κ2) is 10.9. The SMILES string of the molecule is CC(=O)OC[C@H]1O[C@@H]([n+]2ccccc2)[C@@](OC(C)=O)(C(=O)NCc2ccccc2)[C@@H]1OC(C)=O. The summed E-state index contributed by atoms with van der Waals surface area (Å²) in [5.74, 6) is -2.84. The molecule has 10 heteroatoms. The molecule has 1 amide bonds. The topological polar surface area (TPSA) is 121 Å². The van der Waals surface area contributed by atoms with E-state index >= 15 is 0 Å². The molecule has 180 valence electrons. The van der Waals surface area contributed by atoms with Crippen molar-refractivity contribution in [3.05, 3.63) is 66.5 Å². The smallest absolute Gasteiger partial charge is 0.317 e. The Morgan fingerprint density at radius 3 is 2.18 bits per heavy atom. The normalized spacial score (nSPS) is 23.6. The summed E-state index contributed by atoms with van der Waals surface area (Å²) in [6.07, 6.45) is -0.480. The van der Waals surface area contributed by atoms with E-state index in [0.29, 0.717) is 0 Å². The number of carbonyl (C=O) groups is 4. The molecule has 10 nitrogen and oxygen atoms in total. The maximum absolute atomic E-state index is 13.8. The second-order valence-corrected chi connectivity index (χ2v) is 7.74. The monoisotopic (exact) mass is 471 g/mol. The highest BCUT2D eigenvalue weighted by Gasteiger charge is 2.71. The molecule has 1 aromatic heterocycles. The number of hydrogen-bond acceptors (Lipinski definition) is 8. The molecule has 2 aromatic rings. The zero-order valence-corrected chi connectivity index (χ0v) is 19.1. The number of ether oxygens (including phenoxy) is 4. The van der Waals surface area contributed by atoms with Crippen molar-refractivity contribution in [2.24, 2.45) is 0 Å². The zero-order valence-electron chi connectivity index (χ0n) is 19.1. The Morgan fingerprint density at radius 2 is 1.59 bits per heavy atom. The first-order valence-corrected chi connectivity index (χ1v) is 10.7. The Balaban J connectivity index is 2.08. The molecule has 1 N–H and O–H groups in total. The zero-order chi connectivity index (χ0) is 24.7. The van der Waals surface area contributed by atoms with Gasteiger partial charge in [0.2, 0.25) is 0 Å². The highest BCUT2D eigenvalue weighted by Crippen LogP contribution is 2.41. The molecule has 0 aliphatic carbocycles.